The monoisotopic (exact) mass is 236 g/mol. The lowest BCUT2D eigenvalue weighted by atomic mass is 10.1. The smallest absolute Gasteiger partial charge is 0.312 e. The lowest BCUT2D eigenvalue weighted by Gasteiger charge is -2.04. The Morgan fingerprint density at radius 2 is 2.29 bits per heavy atom. The van der Waals surface area contributed by atoms with Gasteiger partial charge < -0.3 is 16.2 Å². The van der Waals surface area contributed by atoms with Crippen molar-refractivity contribution in [2.75, 3.05) is 6.61 Å². The molecule has 0 saturated heterocycles. The quantitative estimate of drug-likeness (QED) is 0.677. The van der Waals surface area contributed by atoms with Crippen molar-refractivity contribution < 1.29 is 14.3 Å². The van der Waals surface area contributed by atoms with Gasteiger partial charge in [0.2, 0.25) is 0 Å². The van der Waals surface area contributed by atoms with E-state index in [0.29, 0.717) is 17.5 Å². The van der Waals surface area contributed by atoms with E-state index >= 15 is 0 Å². The third-order valence-electron chi connectivity index (χ3n) is 1.97. The van der Waals surface area contributed by atoms with Gasteiger partial charge in [-0.2, -0.15) is 0 Å². The lowest BCUT2D eigenvalue weighted by molar-refractivity contribution is 0.248. The maximum atomic E-state index is 13.3. The van der Waals surface area contributed by atoms with E-state index in [2.05, 4.69) is 17.2 Å². The van der Waals surface area contributed by atoms with Crippen LogP contribution < -0.4 is 11.1 Å². The highest BCUT2D eigenvalue weighted by molar-refractivity contribution is 5.71. The fourth-order valence-corrected chi connectivity index (χ4v) is 1.19. The Kier molecular flexibility index (Phi) is 4.98. The van der Waals surface area contributed by atoms with Gasteiger partial charge in [0.1, 0.15) is 5.82 Å². The number of benzene rings is 1. The van der Waals surface area contributed by atoms with E-state index in [9.17, 15) is 9.18 Å². The number of nitrogens with one attached hydrogen (secondary N) is 1. The number of aliphatic hydroxyl groups is 1. The summed E-state index contributed by atoms with van der Waals surface area (Å²) in [5, 5.41) is 10.9. The van der Waals surface area contributed by atoms with Crippen LogP contribution in [0.1, 0.15) is 17.5 Å². The van der Waals surface area contributed by atoms with Crippen molar-refractivity contribution in [3.8, 4) is 11.8 Å². The zero-order valence-electron chi connectivity index (χ0n) is 9.16. The average molecular weight is 236 g/mol. The number of hydrogen-bond acceptors (Lipinski definition) is 2. The van der Waals surface area contributed by atoms with Gasteiger partial charge in [-0.05, 0) is 18.2 Å². The second-order valence-electron chi connectivity index (χ2n) is 3.30. The van der Waals surface area contributed by atoms with Crippen molar-refractivity contribution in [1.29, 1.82) is 0 Å². The molecule has 0 heterocycles. The highest BCUT2D eigenvalue weighted by Crippen LogP contribution is 2.09. The predicted molar refractivity (Wildman–Crippen MR) is 61.4 cm³/mol. The highest BCUT2D eigenvalue weighted by Gasteiger charge is 2.03. The Labute approximate surface area is 98.6 Å². The molecule has 5 heteroatoms. The minimum Gasteiger partial charge on any atom is -0.395 e. The largest absolute Gasteiger partial charge is 0.395 e. The van der Waals surface area contributed by atoms with Gasteiger partial charge in [0, 0.05) is 24.1 Å². The molecule has 90 valence electrons. The fourth-order valence-electron chi connectivity index (χ4n) is 1.19. The van der Waals surface area contributed by atoms with Crippen LogP contribution in [0.25, 0.3) is 0 Å². The molecule has 0 spiro atoms. The minimum atomic E-state index is -0.707. The van der Waals surface area contributed by atoms with Crippen LogP contribution in [0.3, 0.4) is 0 Å². The molecule has 0 atom stereocenters. The van der Waals surface area contributed by atoms with Gasteiger partial charge in [-0.15, -0.1) is 0 Å². The molecule has 0 bridgehead atoms. The third-order valence-corrected chi connectivity index (χ3v) is 1.97. The number of primary amides is 1. The topological polar surface area (TPSA) is 75.4 Å². The van der Waals surface area contributed by atoms with Crippen LogP contribution in [0.4, 0.5) is 9.18 Å². The number of carbonyl (C=O) groups is 1. The molecular formula is C12H13FN2O2. The van der Waals surface area contributed by atoms with Gasteiger partial charge in [-0.1, -0.05) is 11.8 Å². The SMILES string of the molecule is NC(=O)NCc1cc(C#CCCO)ccc1F. The Morgan fingerprint density at radius 1 is 1.53 bits per heavy atom. The maximum Gasteiger partial charge on any atom is 0.312 e. The molecule has 1 rings (SSSR count). The summed E-state index contributed by atoms with van der Waals surface area (Å²) >= 11 is 0. The number of urea groups is 1. The van der Waals surface area contributed by atoms with Crippen LogP contribution in [-0.4, -0.2) is 17.7 Å². The standard InChI is InChI=1S/C12H13FN2O2/c13-11-5-4-9(3-1-2-6-16)7-10(11)8-15-12(14)17/h4-5,7,16H,2,6,8H2,(H3,14,15,17). The van der Waals surface area contributed by atoms with E-state index in [-0.39, 0.29) is 13.2 Å². The third kappa shape index (κ3) is 4.53. The van der Waals surface area contributed by atoms with Crippen LogP contribution in [-0.2, 0) is 6.54 Å². The van der Waals surface area contributed by atoms with Crippen molar-refractivity contribution in [3.63, 3.8) is 0 Å². The van der Waals surface area contributed by atoms with Crippen LogP contribution in [0, 0.1) is 17.7 Å². The Morgan fingerprint density at radius 3 is 2.94 bits per heavy atom. The van der Waals surface area contributed by atoms with Crippen molar-refractivity contribution in [3.05, 3.63) is 35.1 Å². The molecule has 4 N–H and O–H groups in total. The Balaban J connectivity index is 2.80. The zero-order chi connectivity index (χ0) is 12.7. The summed E-state index contributed by atoms with van der Waals surface area (Å²) < 4.78 is 13.3. The number of carbonyl (C=O) groups excluding carboxylic acids is 1. The van der Waals surface area contributed by atoms with Gasteiger partial charge >= 0.3 is 6.03 Å². The van der Waals surface area contributed by atoms with Crippen LogP contribution in [0.2, 0.25) is 0 Å². The molecule has 4 nitrogen and oxygen atoms in total. The second-order valence-corrected chi connectivity index (χ2v) is 3.30. The van der Waals surface area contributed by atoms with Crippen molar-refractivity contribution in [2.45, 2.75) is 13.0 Å². The van der Waals surface area contributed by atoms with E-state index in [0.717, 1.165) is 0 Å². The molecule has 0 fully saturated rings. The summed E-state index contributed by atoms with van der Waals surface area (Å²) in [4.78, 5) is 10.5. The number of hydrogen-bond donors (Lipinski definition) is 3. The Hall–Kier alpha value is -2.06. The molecule has 0 unspecified atom stereocenters. The Bertz CT molecular complexity index is 463. The summed E-state index contributed by atoms with van der Waals surface area (Å²) in [7, 11) is 0. The number of aliphatic hydroxyl groups excluding tert-OH is 1. The second kappa shape index (κ2) is 6.51. The van der Waals surface area contributed by atoms with Gasteiger partial charge in [0.25, 0.3) is 0 Å². The molecule has 0 saturated carbocycles. The number of nitrogens with two attached hydrogens (primary N) is 1. The molecule has 0 aliphatic heterocycles. The number of halogens is 1. The van der Waals surface area contributed by atoms with Gasteiger partial charge in [-0.3, -0.25) is 0 Å². The van der Waals surface area contributed by atoms with Crippen molar-refractivity contribution >= 4 is 6.03 Å². The van der Waals surface area contributed by atoms with E-state index in [1.807, 2.05) is 0 Å². The van der Waals surface area contributed by atoms with Gasteiger partial charge in [0.15, 0.2) is 0 Å². The predicted octanol–water partition coefficient (Wildman–Crippen LogP) is 0.728. The first-order valence-corrected chi connectivity index (χ1v) is 5.05. The van der Waals surface area contributed by atoms with E-state index in [1.165, 1.54) is 18.2 Å². The molecule has 0 aliphatic rings. The summed E-state index contributed by atoms with van der Waals surface area (Å²) in [5.41, 5.74) is 5.84. The zero-order valence-corrected chi connectivity index (χ0v) is 9.16. The summed E-state index contributed by atoms with van der Waals surface area (Å²) in [6, 6.07) is 3.64. The lowest BCUT2D eigenvalue weighted by Crippen LogP contribution is -2.29. The molecule has 17 heavy (non-hydrogen) atoms. The minimum absolute atomic E-state index is 0.00964. The first kappa shape index (κ1) is 13.0. The van der Waals surface area contributed by atoms with E-state index in [1.54, 1.807) is 0 Å². The van der Waals surface area contributed by atoms with Crippen molar-refractivity contribution in [2.24, 2.45) is 5.73 Å². The van der Waals surface area contributed by atoms with Crippen molar-refractivity contribution in [1.82, 2.24) is 5.32 Å². The maximum absolute atomic E-state index is 13.3. The average Bonchev–Trinajstić information content (AvgIpc) is 2.29. The first-order chi connectivity index (χ1) is 8.13. The molecular weight excluding hydrogens is 223 g/mol. The van der Waals surface area contributed by atoms with Crippen LogP contribution >= 0.6 is 0 Å². The molecule has 2 amide bonds. The molecule has 0 radical (unpaired) electrons. The summed E-state index contributed by atoms with van der Waals surface area (Å²) in [5.74, 6) is 5.08. The van der Waals surface area contributed by atoms with Crippen LogP contribution in [0.15, 0.2) is 18.2 Å². The van der Waals surface area contributed by atoms with Gasteiger partial charge in [0.05, 0.1) is 6.61 Å². The normalized spacial score (nSPS) is 9.29. The van der Waals surface area contributed by atoms with Gasteiger partial charge in [-0.25, -0.2) is 9.18 Å². The molecule has 1 aromatic rings. The highest BCUT2D eigenvalue weighted by atomic mass is 19.1. The number of rotatable bonds is 3. The molecule has 0 aliphatic carbocycles. The summed E-state index contributed by atoms with van der Waals surface area (Å²) in [6.45, 7) is 0.0149. The molecule has 0 aromatic heterocycles. The fraction of sp³-hybridized carbons (Fsp3) is 0.250. The van der Waals surface area contributed by atoms with E-state index < -0.39 is 11.8 Å². The summed E-state index contributed by atoms with van der Waals surface area (Å²) in [6.07, 6.45) is 0.367. The van der Waals surface area contributed by atoms with E-state index in [4.69, 9.17) is 10.8 Å². The number of amides is 2. The molecule has 1 aromatic carbocycles. The first-order valence-electron chi connectivity index (χ1n) is 5.05. The van der Waals surface area contributed by atoms with Crippen LogP contribution in [0.5, 0.6) is 0 Å².